The number of hydrogen-bond acceptors (Lipinski definition) is 3. The second-order valence-electron chi connectivity index (χ2n) is 6.80. The standard InChI is InChI=1S/C16H28N2OS/c19-15(5-4-14-6-9-17-12-14)18-10-11-20-16(13-18)7-2-1-3-8-16/h14,17H,1-13H2. The molecule has 1 aliphatic carbocycles. The molecule has 3 nitrogen and oxygen atoms in total. The third kappa shape index (κ3) is 3.51. The molecule has 3 aliphatic rings. The largest absolute Gasteiger partial charge is 0.340 e. The van der Waals surface area contributed by atoms with Gasteiger partial charge in [0.05, 0.1) is 0 Å². The Kier molecular flexibility index (Phi) is 4.92. The lowest BCUT2D eigenvalue weighted by Crippen LogP contribution is -2.49. The van der Waals surface area contributed by atoms with E-state index in [1.165, 1.54) is 38.5 Å². The lowest BCUT2D eigenvalue weighted by Gasteiger charge is -2.44. The van der Waals surface area contributed by atoms with Crippen LogP contribution in [0.4, 0.5) is 0 Å². The average Bonchev–Trinajstić information content (AvgIpc) is 2.99. The molecule has 1 N–H and O–H groups in total. The molecule has 0 aromatic rings. The van der Waals surface area contributed by atoms with E-state index in [1.54, 1.807) is 0 Å². The van der Waals surface area contributed by atoms with E-state index < -0.39 is 0 Å². The summed E-state index contributed by atoms with van der Waals surface area (Å²) in [6, 6.07) is 0. The number of nitrogens with zero attached hydrogens (tertiary/aromatic N) is 1. The summed E-state index contributed by atoms with van der Waals surface area (Å²) in [6.45, 7) is 4.27. The SMILES string of the molecule is O=C(CCC1CCNC1)N1CCSC2(CCCCC2)C1. The minimum absolute atomic E-state index is 0.418. The van der Waals surface area contributed by atoms with E-state index in [2.05, 4.69) is 22.0 Å². The van der Waals surface area contributed by atoms with Crippen LogP contribution in [0.15, 0.2) is 0 Å². The maximum atomic E-state index is 12.5. The van der Waals surface area contributed by atoms with Crippen molar-refractivity contribution in [3.8, 4) is 0 Å². The van der Waals surface area contributed by atoms with Gasteiger partial charge in [0.15, 0.2) is 0 Å². The van der Waals surface area contributed by atoms with E-state index in [1.807, 2.05) is 0 Å². The van der Waals surface area contributed by atoms with Crippen LogP contribution in [0.25, 0.3) is 0 Å². The lowest BCUT2D eigenvalue weighted by atomic mass is 9.87. The van der Waals surface area contributed by atoms with Gasteiger partial charge in [-0.1, -0.05) is 19.3 Å². The van der Waals surface area contributed by atoms with Crippen LogP contribution in [0, 0.1) is 5.92 Å². The van der Waals surface area contributed by atoms with Gasteiger partial charge < -0.3 is 10.2 Å². The van der Waals surface area contributed by atoms with Gasteiger partial charge in [-0.25, -0.2) is 0 Å². The molecule has 0 aromatic heterocycles. The first-order valence-corrected chi connectivity index (χ1v) is 9.38. The van der Waals surface area contributed by atoms with Crippen molar-refractivity contribution in [3.05, 3.63) is 0 Å². The summed E-state index contributed by atoms with van der Waals surface area (Å²) in [5.41, 5.74) is 0. The molecule has 1 saturated carbocycles. The normalized spacial score (nSPS) is 29.8. The summed E-state index contributed by atoms with van der Waals surface area (Å²) in [4.78, 5) is 14.7. The molecule has 3 fully saturated rings. The van der Waals surface area contributed by atoms with Crippen molar-refractivity contribution < 1.29 is 4.79 Å². The van der Waals surface area contributed by atoms with Crippen molar-refractivity contribution in [3.63, 3.8) is 0 Å². The van der Waals surface area contributed by atoms with Gasteiger partial charge in [0, 0.05) is 30.0 Å². The summed E-state index contributed by atoms with van der Waals surface area (Å²) in [6.07, 6.45) is 9.89. The molecule has 2 aliphatic heterocycles. The first kappa shape index (κ1) is 14.7. The maximum absolute atomic E-state index is 12.5. The second-order valence-corrected chi connectivity index (χ2v) is 8.37. The van der Waals surface area contributed by atoms with Crippen LogP contribution in [0.5, 0.6) is 0 Å². The number of rotatable bonds is 3. The molecular formula is C16H28N2OS. The molecule has 20 heavy (non-hydrogen) atoms. The highest BCUT2D eigenvalue weighted by molar-refractivity contribution is 8.00. The zero-order valence-electron chi connectivity index (χ0n) is 12.5. The molecule has 4 heteroatoms. The van der Waals surface area contributed by atoms with Gasteiger partial charge in [0.2, 0.25) is 5.91 Å². The first-order valence-electron chi connectivity index (χ1n) is 8.40. The zero-order valence-corrected chi connectivity index (χ0v) is 13.3. The van der Waals surface area contributed by atoms with E-state index >= 15 is 0 Å². The Balaban J connectivity index is 1.49. The highest BCUT2D eigenvalue weighted by Crippen LogP contribution is 2.42. The van der Waals surface area contributed by atoms with Crippen molar-refractivity contribution in [2.24, 2.45) is 5.92 Å². The number of thioether (sulfide) groups is 1. The summed E-state index contributed by atoms with van der Waals surface area (Å²) in [5, 5.41) is 3.39. The first-order chi connectivity index (χ1) is 9.77. The van der Waals surface area contributed by atoms with Crippen LogP contribution in [-0.2, 0) is 4.79 Å². The molecule has 1 spiro atoms. The second kappa shape index (κ2) is 6.69. The van der Waals surface area contributed by atoms with E-state index in [-0.39, 0.29) is 0 Å². The number of carbonyl (C=O) groups excluding carboxylic acids is 1. The van der Waals surface area contributed by atoms with E-state index in [9.17, 15) is 4.79 Å². The van der Waals surface area contributed by atoms with Crippen molar-refractivity contribution in [1.29, 1.82) is 0 Å². The molecule has 2 heterocycles. The summed E-state index contributed by atoms with van der Waals surface area (Å²) < 4.78 is 0.418. The van der Waals surface area contributed by atoms with Crippen LogP contribution >= 0.6 is 11.8 Å². The van der Waals surface area contributed by atoms with E-state index in [0.29, 0.717) is 10.7 Å². The Bertz CT molecular complexity index is 330. The Hall–Kier alpha value is -0.220. The fraction of sp³-hybridized carbons (Fsp3) is 0.938. The van der Waals surface area contributed by atoms with Gasteiger partial charge in [0.25, 0.3) is 0 Å². The Morgan fingerprint density at radius 2 is 2.15 bits per heavy atom. The van der Waals surface area contributed by atoms with Gasteiger partial charge >= 0.3 is 0 Å². The Labute approximate surface area is 127 Å². The smallest absolute Gasteiger partial charge is 0.222 e. The Morgan fingerprint density at radius 3 is 2.90 bits per heavy atom. The fourth-order valence-corrected chi connectivity index (χ4v) is 5.57. The van der Waals surface area contributed by atoms with Crippen molar-refractivity contribution in [1.82, 2.24) is 10.2 Å². The number of hydrogen-bond donors (Lipinski definition) is 1. The fourth-order valence-electron chi connectivity index (χ4n) is 4.00. The third-order valence-electron chi connectivity index (χ3n) is 5.29. The molecule has 1 unspecified atom stereocenters. The van der Waals surface area contributed by atoms with Crippen LogP contribution in [0.1, 0.15) is 51.4 Å². The van der Waals surface area contributed by atoms with E-state index in [4.69, 9.17) is 0 Å². The summed E-state index contributed by atoms with van der Waals surface area (Å²) >= 11 is 2.15. The van der Waals surface area contributed by atoms with Gasteiger partial charge in [-0.05, 0) is 44.7 Å². The van der Waals surface area contributed by atoms with Crippen molar-refractivity contribution in [2.75, 3.05) is 31.9 Å². The maximum Gasteiger partial charge on any atom is 0.222 e. The molecule has 1 amide bonds. The van der Waals surface area contributed by atoms with Crippen LogP contribution in [0.2, 0.25) is 0 Å². The molecule has 1 atom stereocenters. The Morgan fingerprint density at radius 1 is 1.30 bits per heavy atom. The molecular weight excluding hydrogens is 268 g/mol. The monoisotopic (exact) mass is 296 g/mol. The minimum atomic E-state index is 0.418. The average molecular weight is 296 g/mol. The lowest BCUT2D eigenvalue weighted by molar-refractivity contribution is -0.132. The van der Waals surface area contributed by atoms with Gasteiger partial charge in [0.1, 0.15) is 0 Å². The van der Waals surface area contributed by atoms with Crippen molar-refractivity contribution >= 4 is 17.7 Å². The van der Waals surface area contributed by atoms with E-state index in [0.717, 1.165) is 50.7 Å². The third-order valence-corrected chi connectivity index (χ3v) is 6.83. The zero-order chi connectivity index (χ0) is 13.8. The summed E-state index contributed by atoms with van der Waals surface area (Å²) in [5.74, 6) is 2.31. The summed E-state index contributed by atoms with van der Waals surface area (Å²) in [7, 11) is 0. The topological polar surface area (TPSA) is 32.3 Å². The highest BCUT2D eigenvalue weighted by Gasteiger charge is 2.38. The van der Waals surface area contributed by atoms with Crippen LogP contribution in [0.3, 0.4) is 0 Å². The molecule has 114 valence electrons. The number of nitrogens with one attached hydrogen (secondary N) is 1. The van der Waals surface area contributed by atoms with Crippen LogP contribution < -0.4 is 5.32 Å². The van der Waals surface area contributed by atoms with Gasteiger partial charge in [-0.2, -0.15) is 11.8 Å². The predicted octanol–water partition coefficient (Wildman–Crippen LogP) is 2.65. The molecule has 2 saturated heterocycles. The molecule has 0 bridgehead atoms. The molecule has 0 aromatic carbocycles. The highest BCUT2D eigenvalue weighted by atomic mass is 32.2. The molecule has 0 radical (unpaired) electrons. The molecule has 3 rings (SSSR count). The van der Waals surface area contributed by atoms with Gasteiger partial charge in [-0.3, -0.25) is 4.79 Å². The van der Waals surface area contributed by atoms with Crippen molar-refractivity contribution in [2.45, 2.75) is 56.1 Å². The quantitative estimate of drug-likeness (QED) is 0.869. The predicted molar refractivity (Wildman–Crippen MR) is 85.1 cm³/mol. The van der Waals surface area contributed by atoms with Gasteiger partial charge in [-0.15, -0.1) is 0 Å². The number of amides is 1. The number of carbonyl (C=O) groups is 1. The minimum Gasteiger partial charge on any atom is -0.340 e. The van der Waals surface area contributed by atoms with Crippen LogP contribution in [-0.4, -0.2) is 47.5 Å².